The summed E-state index contributed by atoms with van der Waals surface area (Å²) in [6, 6.07) is 6.52. The van der Waals surface area contributed by atoms with Crippen LogP contribution in [-0.4, -0.2) is 43.3 Å². The van der Waals surface area contributed by atoms with Crippen molar-refractivity contribution in [2.45, 2.75) is 18.9 Å². The maximum Gasteiger partial charge on any atom is 0.365 e. The third-order valence-electron chi connectivity index (χ3n) is 4.75. The summed E-state index contributed by atoms with van der Waals surface area (Å²) in [4.78, 5) is 24.3. The third kappa shape index (κ3) is 4.09. The molecule has 0 radical (unpaired) electrons. The summed E-state index contributed by atoms with van der Waals surface area (Å²) in [5.74, 6) is -0.465. The van der Waals surface area contributed by atoms with Gasteiger partial charge in [-0.15, -0.1) is 11.3 Å². The molecule has 1 saturated heterocycles. The van der Waals surface area contributed by atoms with E-state index in [9.17, 15) is 9.18 Å². The smallest absolute Gasteiger partial charge is 0.365 e. The largest absolute Gasteiger partial charge is 0.476 e. The molecule has 0 aliphatic carbocycles. The van der Waals surface area contributed by atoms with E-state index in [0.717, 1.165) is 36.3 Å². The number of rotatable bonds is 5. The Morgan fingerprint density at radius 2 is 2.31 bits per heavy atom. The number of hydrogen-bond donors (Lipinski definition) is 3. The first-order valence-electron chi connectivity index (χ1n) is 9.04. The Morgan fingerprint density at radius 1 is 1.45 bits per heavy atom. The van der Waals surface area contributed by atoms with Crippen LogP contribution >= 0.6 is 11.3 Å². The number of halogens is 1. The molecular weight excluding hydrogens is 393 g/mol. The Bertz CT molecular complexity index is 1090. The summed E-state index contributed by atoms with van der Waals surface area (Å²) >= 11 is 1.05. The molecular formula is C20H18FN5O2S. The fraction of sp³-hybridized carbons (Fsp3) is 0.200. The predicted octanol–water partition coefficient (Wildman–Crippen LogP) is 4.20. The van der Waals surface area contributed by atoms with Gasteiger partial charge >= 0.3 is 5.97 Å². The highest BCUT2D eigenvalue weighted by Crippen LogP contribution is 2.32. The molecule has 7 nitrogen and oxygen atoms in total. The van der Waals surface area contributed by atoms with Crippen molar-refractivity contribution >= 4 is 29.2 Å². The number of aromatic amines is 1. The highest BCUT2D eigenvalue weighted by molar-refractivity contribution is 7.11. The Morgan fingerprint density at radius 3 is 3.07 bits per heavy atom. The zero-order valence-electron chi connectivity index (χ0n) is 15.3. The fourth-order valence-corrected chi connectivity index (χ4v) is 4.07. The minimum absolute atomic E-state index is 0.0144. The van der Waals surface area contributed by atoms with Crippen LogP contribution in [-0.2, 0) is 0 Å². The molecule has 1 aliphatic heterocycles. The number of likely N-dealkylation sites (tertiary alicyclic amines) is 1. The molecule has 1 unspecified atom stereocenters. The van der Waals surface area contributed by atoms with Crippen molar-refractivity contribution in [2.24, 2.45) is 0 Å². The number of nitrogens with one attached hydrogen (secondary N) is 2. The van der Waals surface area contributed by atoms with Crippen LogP contribution in [0, 0.1) is 11.2 Å². The van der Waals surface area contributed by atoms with Crippen LogP contribution in [0.25, 0.3) is 17.5 Å². The van der Waals surface area contributed by atoms with E-state index < -0.39 is 5.97 Å². The number of thiazole rings is 1. The van der Waals surface area contributed by atoms with Crippen molar-refractivity contribution in [3.8, 4) is 11.4 Å². The van der Waals surface area contributed by atoms with E-state index in [-0.39, 0.29) is 16.9 Å². The predicted molar refractivity (Wildman–Crippen MR) is 108 cm³/mol. The van der Waals surface area contributed by atoms with Crippen molar-refractivity contribution in [2.75, 3.05) is 6.54 Å². The highest BCUT2D eigenvalue weighted by atomic mass is 32.1. The maximum atomic E-state index is 13.6. The van der Waals surface area contributed by atoms with Crippen molar-refractivity contribution in [3.63, 3.8) is 0 Å². The summed E-state index contributed by atoms with van der Waals surface area (Å²) < 4.78 is 13.6. The molecule has 29 heavy (non-hydrogen) atoms. The molecule has 0 bridgehead atoms. The molecule has 2 aromatic heterocycles. The van der Waals surface area contributed by atoms with Gasteiger partial charge in [-0.1, -0.05) is 12.1 Å². The number of amidine groups is 1. The normalized spacial score (nSPS) is 16.6. The molecule has 3 N–H and O–H groups in total. The summed E-state index contributed by atoms with van der Waals surface area (Å²) in [5, 5.41) is 19.1. The van der Waals surface area contributed by atoms with E-state index >= 15 is 0 Å². The molecule has 0 spiro atoms. The molecule has 4 rings (SSSR count). The summed E-state index contributed by atoms with van der Waals surface area (Å²) in [5.41, 5.74) is 2.00. The molecule has 0 amide bonds. The quantitative estimate of drug-likeness (QED) is 0.431. The van der Waals surface area contributed by atoms with Crippen LogP contribution in [0.1, 0.15) is 40.1 Å². The zero-order chi connectivity index (χ0) is 20.4. The Kier molecular flexibility index (Phi) is 5.22. The van der Waals surface area contributed by atoms with Gasteiger partial charge in [-0.3, -0.25) is 5.41 Å². The Labute approximate surface area is 170 Å². The van der Waals surface area contributed by atoms with Crippen molar-refractivity contribution in [3.05, 3.63) is 64.1 Å². The van der Waals surface area contributed by atoms with E-state index in [1.54, 1.807) is 29.8 Å². The maximum absolute atomic E-state index is 13.6. The van der Waals surface area contributed by atoms with Crippen LogP contribution in [0.4, 0.5) is 4.39 Å². The van der Waals surface area contributed by atoms with E-state index in [1.807, 2.05) is 11.0 Å². The van der Waals surface area contributed by atoms with E-state index in [2.05, 4.69) is 15.0 Å². The van der Waals surface area contributed by atoms with Gasteiger partial charge in [0.05, 0.1) is 17.9 Å². The fourth-order valence-electron chi connectivity index (χ4n) is 3.42. The SMILES string of the molecule is N=C(/C=C\c1ncc(-c2csc(C(=O)O)n2)[nH]1)N1CCCC1c1cccc(F)c1. The van der Waals surface area contributed by atoms with E-state index in [1.165, 1.54) is 12.1 Å². The minimum atomic E-state index is -1.06. The highest BCUT2D eigenvalue weighted by Gasteiger charge is 2.27. The van der Waals surface area contributed by atoms with Gasteiger partial charge in [0.2, 0.25) is 5.01 Å². The number of benzene rings is 1. The van der Waals surface area contributed by atoms with Crippen LogP contribution in [0.3, 0.4) is 0 Å². The molecule has 9 heteroatoms. The second kappa shape index (κ2) is 7.96. The molecule has 1 aliphatic rings. The molecule has 1 fully saturated rings. The number of H-pyrrole nitrogens is 1. The van der Waals surface area contributed by atoms with Gasteiger partial charge in [0.25, 0.3) is 0 Å². The molecule has 3 heterocycles. The van der Waals surface area contributed by atoms with E-state index in [0.29, 0.717) is 23.0 Å². The van der Waals surface area contributed by atoms with Crippen LogP contribution in [0.5, 0.6) is 0 Å². The first-order chi connectivity index (χ1) is 14.0. The van der Waals surface area contributed by atoms with Gasteiger partial charge < -0.3 is 15.0 Å². The molecule has 3 aromatic rings. The monoisotopic (exact) mass is 411 g/mol. The van der Waals surface area contributed by atoms with Gasteiger partial charge in [0, 0.05) is 11.9 Å². The number of carbonyl (C=O) groups is 1. The Balaban J connectivity index is 1.46. The lowest BCUT2D eigenvalue weighted by Crippen LogP contribution is -2.28. The average molecular weight is 411 g/mol. The number of aromatic carboxylic acids is 1. The molecule has 1 atom stereocenters. The van der Waals surface area contributed by atoms with Gasteiger partial charge in [-0.25, -0.2) is 19.2 Å². The van der Waals surface area contributed by atoms with Gasteiger partial charge in [-0.05, 0) is 42.7 Å². The first-order valence-corrected chi connectivity index (χ1v) is 9.92. The lowest BCUT2D eigenvalue weighted by molar-refractivity contribution is 0.0696. The topological polar surface area (TPSA) is 106 Å². The summed E-state index contributed by atoms with van der Waals surface area (Å²) in [6.45, 7) is 0.741. The first kappa shape index (κ1) is 19.0. The van der Waals surface area contributed by atoms with Crippen molar-refractivity contribution in [1.82, 2.24) is 19.9 Å². The Hall–Kier alpha value is -3.33. The minimum Gasteiger partial charge on any atom is -0.476 e. The van der Waals surface area contributed by atoms with Gasteiger partial charge in [0.1, 0.15) is 23.2 Å². The number of carboxylic acid groups (broad SMARTS) is 1. The van der Waals surface area contributed by atoms with Crippen LogP contribution in [0.15, 0.2) is 41.9 Å². The van der Waals surface area contributed by atoms with E-state index in [4.69, 9.17) is 10.5 Å². The lowest BCUT2D eigenvalue weighted by atomic mass is 10.0. The number of hydrogen-bond acceptors (Lipinski definition) is 5. The van der Waals surface area contributed by atoms with Crippen LogP contribution in [0.2, 0.25) is 0 Å². The second-order valence-corrected chi connectivity index (χ2v) is 7.51. The average Bonchev–Trinajstić information content (AvgIpc) is 3.46. The summed E-state index contributed by atoms with van der Waals surface area (Å²) in [7, 11) is 0. The third-order valence-corrected chi connectivity index (χ3v) is 5.58. The zero-order valence-corrected chi connectivity index (χ0v) is 16.1. The number of nitrogens with zero attached hydrogens (tertiary/aromatic N) is 3. The van der Waals surface area contributed by atoms with Gasteiger partial charge in [-0.2, -0.15) is 0 Å². The molecule has 0 saturated carbocycles. The number of carboxylic acids is 1. The summed E-state index contributed by atoms with van der Waals surface area (Å²) in [6.07, 6.45) is 6.74. The number of aromatic nitrogens is 3. The molecule has 1 aromatic carbocycles. The van der Waals surface area contributed by atoms with Crippen molar-refractivity contribution in [1.29, 1.82) is 5.41 Å². The second-order valence-electron chi connectivity index (χ2n) is 6.65. The van der Waals surface area contributed by atoms with Gasteiger partial charge in [0.15, 0.2) is 0 Å². The number of imidazole rings is 1. The lowest BCUT2D eigenvalue weighted by Gasteiger charge is -2.26. The molecule has 148 valence electrons. The van der Waals surface area contributed by atoms with Crippen LogP contribution < -0.4 is 0 Å². The standard InChI is InChI=1S/C20H18FN5O2S/c21-13-4-1-3-12(9-13)16-5-2-8-26(16)17(22)6-7-18-23-10-14(24-18)15-11-29-19(25-15)20(27)28/h1,3-4,6-7,9-11,16,22H,2,5,8H2,(H,23,24)(H,27,28)/b7-6-,22-17?. The van der Waals surface area contributed by atoms with Crippen molar-refractivity contribution < 1.29 is 14.3 Å².